The maximum absolute atomic E-state index is 3.45. The van der Waals surface area contributed by atoms with Gasteiger partial charge in [0.25, 0.3) is 0 Å². The van der Waals surface area contributed by atoms with E-state index in [0.717, 1.165) is 38.5 Å². The summed E-state index contributed by atoms with van der Waals surface area (Å²) in [5.74, 6) is 0. The van der Waals surface area contributed by atoms with Crippen LogP contribution in [0.5, 0.6) is 0 Å². The van der Waals surface area contributed by atoms with Gasteiger partial charge in [-0.15, -0.1) is 0 Å². The average molecular weight is 1090 g/mol. The van der Waals surface area contributed by atoms with E-state index in [4.69, 9.17) is 0 Å². The predicted octanol–water partition coefficient (Wildman–Crippen LogP) is 18.5. The third-order valence-electron chi connectivity index (χ3n) is 19.8. The van der Waals surface area contributed by atoms with Gasteiger partial charge in [-0.3, -0.25) is 0 Å². The van der Waals surface area contributed by atoms with Crippen LogP contribution in [0.15, 0.2) is 187 Å². The van der Waals surface area contributed by atoms with Gasteiger partial charge in [0.15, 0.2) is 8.07 Å². The zero-order valence-electron chi connectivity index (χ0n) is 52.4. The Labute approximate surface area is 495 Å². The fourth-order valence-electron chi connectivity index (χ4n) is 14.7. The van der Waals surface area contributed by atoms with Gasteiger partial charge in [-0.1, -0.05) is 188 Å². The summed E-state index contributed by atoms with van der Waals surface area (Å²) in [4.78, 5) is 0. The molecule has 1 atom stereocenters. The number of hydrogen-bond donors (Lipinski definition) is 0. The largest absolute Gasteiger partial charge is 0.161 e. The predicted molar refractivity (Wildman–Crippen MR) is 357 cm³/mol. The quantitative estimate of drug-likeness (QED) is 0.0668. The molecule has 9 aromatic carbocycles. The Hall–Kier alpha value is -7.32. The Morgan fingerprint density at radius 2 is 0.451 bits per heavy atom. The molecule has 9 aromatic rings. The highest BCUT2D eigenvalue weighted by molar-refractivity contribution is 7.14. The summed E-state index contributed by atoms with van der Waals surface area (Å²) in [5.41, 5.74) is 37.4. The minimum absolute atomic E-state index is 0.381. The molecular formula is C81H88Si. The lowest BCUT2D eigenvalue weighted by Gasteiger charge is -2.48. The zero-order chi connectivity index (χ0) is 58.4. The second-order valence-corrected chi connectivity index (χ2v) is 29.7. The van der Waals surface area contributed by atoms with E-state index < -0.39 is 8.07 Å². The van der Waals surface area contributed by atoms with Crippen LogP contribution in [0.1, 0.15) is 161 Å². The van der Waals surface area contributed by atoms with Crippen LogP contribution in [0.3, 0.4) is 0 Å². The fraction of sp³-hybridized carbons (Fsp3) is 0.284. The van der Waals surface area contributed by atoms with Gasteiger partial charge in [0.1, 0.15) is 0 Å². The van der Waals surface area contributed by atoms with Crippen LogP contribution in [0.4, 0.5) is 0 Å². The van der Waals surface area contributed by atoms with E-state index in [1.165, 1.54) is 166 Å². The van der Waals surface area contributed by atoms with Crippen LogP contribution in [-0.2, 0) is 38.5 Å². The van der Waals surface area contributed by atoms with Crippen molar-refractivity contribution >= 4 is 23.6 Å². The van der Waals surface area contributed by atoms with Gasteiger partial charge in [0, 0.05) is 5.04 Å². The molecule has 0 spiro atoms. The first-order valence-electron chi connectivity index (χ1n) is 30.2. The molecule has 0 heterocycles. The van der Waals surface area contributed by atoms with E-state index in [0.29, 0.717) is 0 Å². The molecule has 0 amide bonds. The standard InChI is InChI=1S/C81H88Si/c1-51-23-17-24-52(2)75(51)44-66-35-67(45-76-53(3)25-18-26-54(76)4)39-72(38-66)82(81(16)50-63(13)64(14)65(81)15,73-40-68(46-77-55(5)27-19-28-56(77)6)36-69(41-73)47-78-57(7)29-20-30-58(78)8)74-42-70(48-79-59(9)31-21-32-60(79)10)37-71(43-74)49-80-61(11)33-22-34-62(80)12/h17-43,50H,44-49H2,1-16H3. The molecule has 0 saturated heterocycles. The topological polar surface area (TPSA) is 0 Å². The molecule has 10 rings (SSSR count). The first-order chi connectivity index (χ1) is 39.1. The number of hydrogen-bond acceptors (Lipinski definition) is 0. The normalized spacial score (nSPS) is 14.5. The molecule has 0 aromatic heterocycles. The van der Waals surface area contributed by atoms with Crippen LogP contribution >= 0.6 is 0 Å². The summed E-state index contributed by atoms with van der Waals surface area (Å²) < 4.78 is 0. The van der Waals surface area contributed by atoms with Gasteiger partial charge in [-0.05, 0) is 297 Å². The number of allylic oxidation sites excluding steroid dienone is 4. The maximum atomic E-state index is 2.75. The van der Waals surface area contributed by atoms with Crippen molar-refractivity contribution in [1.82, 2.24) is 0 Å². The van der Waals surface area contributed by atoms with Crippen molar-refractivity contribution in [3.05, 3.63) is 320 Å². The van der Waals surface area contributed by atoms with Crippen molar-refractivity contribution in [1.29, 1.82) is 0 Å². The van der Waals surface area contributed by atoms with Crippen LogP contribution in [0.2, 0.25) is 5.04 Å². The summed E-state index contributed by atoms with van der Waals surface area (Å²) in [6, 6.07) is 65.2. The lowest BCUT2D eigenvalue weighted by atomic mass is 9.92. The second-order valence-electron chi connectivity index (χ2n) is 25.4. The summed E-state index contributed by atoms with van der Waals surface area (Å²) in [6.45, 7) is 37.7. The molecule has 82 heavy (non-hydrogen) atoms. The molecule has 1 aliphatic rings. The molecule has 0 fully saturated rings. The van der Waals surface area contributed by atoms with E-state index >= 15 is 0 Å². The monoisotopic (exact) mass is 1090 g/mol. The highest BCUT2D eigenvalue weighted by Crippen LogP contribution is 2.53. The van der Waals surface area contributed by atoms with E-state index in [-0.39, 0.29) is 5.04 Å². The molecule has 1 unspecified atom stereocenters. The first-order valence-corrected chi connectivity index (χ1v) is 32.2. The Morgan fingerprint density at radius 1 is 0.268 bits per heavy atom. The van der Waals surface area contributed by atoms with E-state index in [9.17, 15) is 0 Å². The number of rotatable bonds is 16. The summed E-state index contributed by atoms with van der Waals surface area (Å²) in [5, 5.41) is 4.08. The molecule has 0 saturated carbocycles. The van der Waals surface area contributed by atoms with Gasteiger partial charge in [0.05, 0.1) is 0 Å². The summed E-state index contributed by atoms with van der Waals surface area (Å²) >= 11 is 0. The molecular weight excluding hydrogens is 1000 g/mol. The number of aryl methyl sites for hydroxylation is 12. The van der Waals surface area contributed by atoms with Crippen molar-refractivity contribution in [2.45, 2.75) is 154 Å². The maximum Gasteiger partial charge on any atom is 0.161 e. The van der Waals surface area contributed by atoms with Gasteiger partial charge < -0.3 is 0 Å². The smallest absolute Gasteiger partial charge is 0.0730 e. The average Bonchev–Trinajstić information content (AvgIpc) is 1.53. The Morgan fingerprint density at radius 3 is 0.610 bits per heavy atom. The molecule has 0 bridgehead atoms. The van der Waals surface area contributed by atoms with Crippen molar-refractivity contribution < 1.29 is 0 Å². The lowest BCUT2D eigenvalue weighted by Crippen LogP contribution is -2.73. The fourth-order valence-corrected chi connectivity index (χ4v) is 21.1. The third kappa shape index (κ3) is 11.2. The van der Waals surface area contributed by atoms with Gasteiger partial charge in [-0.2, -0.15) is 0 Å². The SMILES string of the molecule is CC1=CC(C)([Si](c2cc(Cc3c(C)cccc3C)cc(Cc3c(C)cccc3C)c2)(c2cc(Cc3c(C)cccc3C)cc(Cc3c(C)cccc3C)c2)c2cc(Cc3c(C)cccc3C)cc(Cc3c(C)cccc3C)c2)C(C)=C1C. The third-order valence-corrected chi connectivity index (χ3v) is 25.4. The molecule has 0 radical (unpaired) electrons. The van der Waals surface area contributed by atoms with Crippen molar-refractivity contribution in [2.75, 3.05) is 0 Å². The van der Waals surface area contributed by atoms with Crippen LogP contribution in [-0.4, -0.2) is 8.07 Å². The minimum atomic E-state index is -3.45. The Kier molecular flexibility index (Phi) is 16.6. The van der Waals surface area contributed by atoms with E-state index in [1.54, 1.807) is 0 Å². The minimum Gasteiger partial charge on any atom is -0.0730 e. The number of benzene rings is 9. The molecule has 416 valence electrons. The summed E-state index contributed by atoms with van der Waals surface area (Å²) in [6.07, 6.45) is 7.95. The highest BCUT2D eigenvalue weighted by atomic mass is 28.3. The zero-order valence-corrected chi connectivity index (χ0v) is 53.4. The Balaban J connectivity index is 1.40. The van der Waals surface area contributed by atoms with E-state index in [1.807, 2.05) is 0 Å². The second kappa shape index (κ2) is 23.5. The van der Waals surface area contributed by atoms with E-state index in [2.05, 4.69) is 281 Å². The van der Waals surface area contributed by atoms with Crippen LogP contribution in [0, 0.1) is 83.1 Å². The van der Waals surface area contributed by atoms with Crippen molar-refractivity contribution in [2.24, 2.45) is 0 Å². The molecule has 0 N–H and O–H groups in total. The molecule has 1 heteroatoms. The first kappa shape index (κ1) is 57.9. The summed E-state index contributed by atoms with van der Waals surface area (Å²) in [7, 11) is -3.45. The van der Waals surface area contributed by atoms with Gasteiger partial charge in [0.2, 0.25) is 0 Å². The van der Waals surface area contributed by atoms with Crippen LogP contribution in [0.25, 0.3) is 0 Å². The van der Waals surface area contributed by atoms with Crippen LogP contribution < -0.4 is 15.6 Å². The lowest BCUT2D eigenvalue weighted by molar-refractivity contribution is 0.869. The Bertz CT molecular complexity index is 3290. The van der Waals surface area contributed by atoms with Gasteiger partial charge in [-0.25, -0.2) is 0 Å². The van der Waals surface area contributed by atoms with Crippen molar-refractivity contribution in [3.8, 4) is 0 Å². The molecule has 1 aliphatic carbocycles. The highest BCUT2D eigenvalue weighted by Gasteiger charge is 2.56. The van der Waals surface area contributed by atoms with Crippen molar-refractivity contribution in [3.63, 3.8) is 0 Å². The van der Waals surface area contributed by atoms with Gasteiger partial charge >= 0.3 is 0 Å². The molecule has 0 aliphatic heterocycles. The molecule has 0 nitrogen and oxygen atoms in total.